The Morgan fingerprint density at radius 1 is 0.688 bits per heavy atom. The molecule has 1 N–H and O–H groups in total. The van der Waals surface area contributed by atoms with Crippen molar-refractivity contribution in [2.75, 3.05) is 27.4 Å². The molecule has 0 aliphatic carbocycles. The van der Waals surface area contributed by atoms with E-state index in [1.165, 1.54) is 0 Å². The Labute approximate surface area is 366 Å². The number of aromatic nitrogens is 2. The normalized spacial score (nSPS) is 18.5. The van der Waals surface area contributed by atoms with Crippen molar-refractivity contribution >= 4 is 0 Å². The molecule has 8 rings (SSSR count). The molecule has 1 saturated heterocycles. The SMILES string of the molecule is COc1ccc(C(OC[C@@]2(CN=[N+]=[N-])O[C@@H](n3cc(F)c(=O)[nH]c3=O)[C@@H](F)[C@@H]2OC(c2ccccc2)(c2ccccc2)c2ccc(OC)cc2)(c2ccccc2)c2ccccc2)cc1. The molecule has 6 aromatic carbocycles. The topological polar surface area (TPSA) is 150 Å². The largest absolute Gasteiger partial charge is 0.497 e. The summed E-state index contributed by atoms with van der Waals surface area (Å²) in [5.74, 6) is -0.220. The van der Waals surface area contributed by atoms with Crippen molar-refractivity contribution in [3.8, 4) is 11.5 Å². The molecule has 1 aliphatic rings. The van der Waals surface area contributed by atoms with Gasteiger partial charge in [-0.15, -0.1) is 0 Å². The zero-order valence-electron chi connectivity index (χ0n) is 34.8. The van der Waals surface area contributed by atoms with E-state index < -0.39 is 65.5 Å². The van der Waals surface area contributed by atoms with Crippen LogP contribution >= 0.6 is 0 Å². The maximum absolute atomic E-state index is 18.3. The zero-order valence-corrected chi connectivity index (χ0v) is 34.8. The second kappa shape index (κ2) is 18.6. The highest BCUT2D eigenvalue weighted by atomic mass is 19.1. The molecule has 2 heterocycles. The molecule has 0 bridgehead atoms. The number of ether oxygens (including phenoxy) is 5. The van der Waals surface area contributed by atoms with E-state index in [0.29, 0.717) is 55.6 Å². The minimum Gasteiger partial charge on any atom is -0.497 e. The van der Waals surface area contributed by atoms with Crippen molar-refractivity contribution in [1.29, 1.82) is 0 Å². The predicted molar refractivity (Wildman–Crippen MR) is 235 cm³/mol. The molecule has 0 unspecified atom stereocenters. The summed E-state index contributed by atoms with van der Waals surface area (Å²) in [7, 11) is 3.10. The van der Waals surface area contributed by atoms with Crippen molar-refractivity contribution in [1.82, 2.24) is 9.55 Å². The second-order valence-corrected chi connectivity index (χ2v) is 15.2. The van der Waals surface area contributed by atoms with Crippen LogP contribution in [0.1, 0.15) is 39.6 Å². The van der Waals surface area contributed by atoms with E-state index in [2.05, 4.69) is 10.0 Å². The summed E-state index contributed by atoms with van der Waals surface area (Å²) < 4.78 is 66.5. The number of hydrogen-bond donors (Lipinski definition) is 1. The van der Waals surface area contributed by atoms with E-state index in [9.17, 15) is 15.1 Å². The first-order valence-electron chi connectivity index (χ1n) is 20.4. The first-order valence-corrected chi connectivity index (χ1v) is 20.4. The van der Waals surface area contributed by atoms with Gasteiger partial charge in [-0.25, -0.2) is 9.18 Å². The van der Waals surface area contributed by atoms with Gasteiger partial charge in [-0.05, 0) is 63.2 Å². The lowest BCUT2D eigenvalue weighted by Crippen LogP contribution is -2.55. The van der Waals surface area contributed by atoms with E-state index in [1.54, 1.807) is 50.6 Å². The lowest BCUT2D eigenvalue weighted by atomic mass is 9.79. The third-order valence-corrected chi connectivity index (χ3v) is 11.6. The third kappa shape index (κ3) is 7.95. The first-order chi connectivity index (χ1) is 31.2. The zero-order chi connectivity index (χ0) is 44.7. The summed E-state index contributed by atoms with van der Waals surface area (Å²) >= 11 is 0. The number of aromatic amines is 1. The highest BCUT2D eigenvalue weighted by molar-refractivity contribution is 5.50. The average molecular weight is 864 g/mol. The maximum Gasteiger partial charge on any atom is 0.330 e. The van der Waals surface area contributed by atoms with Crippen molar-refractivity contribution in [3.05, 3.63) is 247 Å². The van der Waals surface area contributed by atoms with Gasteiger partial charge in [-0.1, -0.05) is 151 Å². The number of hydrogen-bond acceptors (Lipinski definition) is 8. The molecule has 0 radical (unpaired) electrons. The minimum atomic E-state index is -2.31. The van der Waals surface area contributed by atoms with Gasteiger partial charge >= 0.3 is 5.69 Å². The van der Waals surface area contributed by atoms with Gasteiger partial charge in [-0.3, -0.25) is 14.3 Å². The van der Waals surface area contributed by atoms with E-state index in [-0.39, 0.29) is 0 Å². The summed E-state index contributed by atoms with van der Waals surface area (Å²) in [5.41, 5.74) is 6.04. The van der Waals surface area contributed by atoms with Crippen LogP contribution in [0.5, 0.6) is 11.5 Å². The number of nitrogens with one attached hydrogen (secondary N) is 1. The van der Waals surface area contributed by atoms with Crippen LogP contribution < -0.4 is 20.7 Å². The number of methoxy groups -OCH3 is 2. The summed E-state index contributed by atoms with van der Waals surface area (Å²) in [6.07, 6.45) is -5.44. The number of benzene rings is 6. The molecule has 1 aromatic heterocycles. The molecule has 14 heteroatoms. The van der Waals surface area contributed by atoms with Gasteiger partial charge < -0.3 is 23.7 Å². The molecule has 324 valence electrons. The fourth-order valence-corrected chi connectivity index (χ4v) is 8.50. The smallest absolute Gasteiger partial charge is 0.330 e. The Morgan fingerprint density at radius 2 is 1.11 bits per heavy atom. The Morgan fingerprint density at radius 3 is 1.55 bits per heavy atom. The number of azide groups is 1. The lowest BCUT2D eigenvalue weighted by Gasteiger charge is -2.44. The molecule has 0 spiro atoms. The highest BCUT2D eigenvalue weighted by Gasteiger charge is 2.61. The predicted octanol–water partition coefficient (Wildman–Crippen LogP) is 8.99. The van der Waals surface area contributed by atoms with Gasteiger partial charge in [0, 0.05) is 4.91 Å². The number of alkyl halides is 1. The van der Waals surface area contributed by atoms with Crippen LogP contribution in [0, 0.1) is 5.82 Å². The minimum absolute atomic E-state index is 0.549. The molecule has 0 amide bonds. The maximum atomic E-state index is 18.3. The summed E-state index contributed by atoms with van der Waals surface area (Å²) in [6.45, 7) is -1.15. The van der Waals surface area contributed by atoms with Crippen molar-refractivity contribution < 1.29 is 32.5 Å². The van der Waals surface area contributed by atoms with Gasteiger partial charge in [0.25, 0.3) is 5.56 Å². The van der Waals surface area contributed by atoms with Crippen LogP contribution in [0.15, 0.2) is 191 Å². The highest BCUT2D eigenvalue weighted by Crippen LogP contribution is 2.51. The Hall–Kier alpha value is -7.35. The van der Waals surface area contributed by atoms with E-state index in [4.69, 9.17) is 23.7 Å². The Balaban J connectivity index is 1.39. The Bertz CT molecular complexity index is 2750. The van der Waals surface area contributed by atoms with Crippen LogP contribution in [0.4, 0.5) is 8.78 Å². The molecule has 64 heavy (non-hydrogen) atoms. The first kappa shape index (κ1) is 43.3. The quantitative estimate of drug-likeness (QED) is 0.0441. The fourth-order valence-electron chi connectivity index (χ4n) is 8.50. The molecule has 12 nitrogen and oxygen atoms in total. The molecular formula is C50H43F2N5O7. The van der Waals surface area contributed by atoms with Gasteiger partial charge in [0.15, 0.2) is 12.4 Å². The molecule has 1 aliphatic heterocycles. The van der Waals surface area contributed by atoms with Crippen LogP contribution in [0.3, 0.4) is 0 Å². The molecule has 7 aromatic rings. The van der Waals surface area contributed by atoms with Gasteiger partial charge in [0.2, 0.25) is 5.82 Å². The third-order valence-electron chi connectivity index (χ3n) is 11.6. The molecule has 1 fully saturated rings. The standard InChI is InChI=1S/C50H43F2N5O7/c1-60-40-27-23-38(24-28-40)49(34-15-7-3-8-16-34,35-17-9-4-10-18-35)62-33-48(32-54-56-53)44(43(52)46(64-48)57-31-42(51)45(58)55-47(57)59)63-50(36-19-11-5-12-20-36,37-21-13-6-14-22-37)39-25-29-41(61-2)30-26-39/h3-31,43-44,46H,32-33H2,1-2H3,(H,55,58,59)/t43-,44-,46+,48+/m0/s1. The summed E-state index contributed by atoms with van der Waals surface area (Å²) in [5, 5.41) is 3.98. The van der Waals surface area contributed by atoms with Crippen molar-refractivity contribution in [3.63, 3.8) is 0 Å². The summed E-state index contributed by atoms with van der Waals surface area (Å²) in [4.78, 5) is 30.8. The van der Waals surface area contributed by atoms with Gasteiger partial charge in [0.05, 0.1) is 33.6 Å². The number of H-pyrrole nitrogens is 1. The van der Waals surface area contributed by atoms with E-state index in [0.717, 1.165) is 0 Å². The summed E-state index contributed by atoms with van der Waals surface area (Å²) in [6, 6.07) is 51.5. The lowest BCUT2D eigenvalue weighted by molar-refractivity contribution is -0.182. The monoisotopic (exact) mass is 863 g/mol. The average Bonchev–Trinajstić information content (AvgIpc) is 3.62. The number of nitrogens with zero attached hydrogens (tertiary/aromatic N) is 4. The second-order valence-electron chi connectivity index (χ2n) is 15.2. The van der Waals surface area contributed by atoms with Crippen LogP contribution in [0.2, 0.25) is 0 Å². The van der Waals surface area contributed by atoms with Gasteiger partial charge in [-0.2, -0.15) is 4.39 Å². The number of rotatable bonds is 16. The molecule has 0 saturated carbocycles. The fraction of sp³-hybridized carbons (Fsp3) is 0.200. The van der Waals surface area contributed by atoms with E-state index >= 15 is 8.78 Å². The van der Waals surface area contributed by atoms with Crippen LogP contribution in [0.25, 0.3) is 10.4 Å². The number of halogens is 2. The van der Waals surface area contributed by atoms with Crippen molar-refractivity contribution in [2.45, 2.75) is 35.3 Å². The van der Waals surface area contributed by atoms with Crippen LogP contribution in [-0.2, 0) is 25.4 Å². The molecular weight excluding hydrogens is 821 g/mol. The van der Waals surface area contributed by atoms with Gasteiger partial charge in [0.1, 0.15) is 34.4 Å². The van der Waals surface area contributed by atoms with E-state index in [1.807, 2.05) is 138 Å². The molecule has 4 atom stereocenters. The van der Waals surface area contributed by atoms with Crippen LogP contribution in [-0.4, -0.2) is 54.8 Å². The van der Waals surface area contributed by atoms with Crippen molar-refractivity contribution in [2.24, 2.45) is 5.11 Å². The Kier molecular flexibility index (Phi) is 12.6.